The van der Waals surface area contributed by atoms with Crippen LogP contribution in [0.4, 0.5) is 0 Å². The maximum Gasteiger partial charge on any atom is 0.188 e. The number of benzene rings is 2. The molecule has 0 N–H and O–H groups in total. The van der Waals surface area contributed by atoms with E-state index < -0.39 is 0 Å². The molecule has 2 aromatic carbocycles. The Balaban J connectivity index is 1.66. The summed E-state index contributed by atoms with van der Waals surface area (Å²) in [6.07, 6.45) is 2.03. The monoisotopic (exact) mass is 458 g/mol. The molecule has 3 aromatic rings. The quantitative estimate of drug-likeness (QED) is 0.352. The van der Waals surface area contributed by atoms with Crippen LogP contribution in [-0.4, -0.2) is 54.9 Å². The number of aromatic nitrogens is 1. The number of aryl methyl sites for hydroxylation is 1. The number of carbonyl (C=O) groups is 2. The summed E-state index contributed by atoms with van der Waals surface area (Å²) in [4.78, 5) is 32.6. The molecule has 1 aliphatic heterocycles. The Morgan fingerprint density at radius 1 is 1.00 bits per heavy atom. The number of pyridine rings is 1. The fourth-order valence-electron chi connectivity index (χ4n) is 4.27. The molecule has 6 nitrogen and oxygen atoms in total. The van der Waals surface area contributed by atoms with Crippen LogP contribution in [0.5, 0.6) is 5.75 Å². The van der Waals surface area contributed by atoms with Crippen molar-refractivity contribution in [2.24, 2.45) is 0 Å². The minimum atomic E-state index is -0.293. The van der Waals surface area contributed by atoms with Crippen molar-refractivity contribution in [1.82, 2.24) is 9.88 Å². The molecule has 0 amide bonds. The highest BCUT2D eigenvalue weighted by atomic mass is 16.5. The van der Waals surface area contributed by atoms with Crippen molar-refractivity contribution in [2.75, 3.05) is 33.4 Å². The van der Waals surface area contributed by atoms with Crippen molar-refractivity contribution >= 4 is 11.6 Å². The molecule has 1 aliphatic rings. The molecule has 0 aliphatic carbocycles. The van der Waals surface area contributed by atoms with Gasteiger partial charge in [-0.3, -0.25) is 19.5 Å². The summed E-state index contributed by atoms with van der Waals surface area (Å²) >= 11 is 0. The predicted molar refractivity (Wildman–Crippen MR) is 131 cm³/mol. The Morgan fingerprint density at radius 2 is 1.76 bits per heavy atom. The zero-order chi connectivity index (χ0) is 23.9. The van der Waals surface area contributed by atoms with Crippen molar-refractivity contribution in [1.29, 1.82) is 0 Å². The number of hydrogen-bond donors (Lipinski definition) is 0. The van der Waals surface area contributed by atoms with Crippen molar-refractivity contribution < 1.29 is 19.1 Å². The first-order chi connectivity index (χ1) is 16.5. The standard InChI is InChI=1S/C28H30N2O4/c1-20-8-9-29-25(14-20)27(32)18-26(31)24-17-22(15-21-6-4-3-5-7-21)16-23(28(24)33-2)19-30-10-12-34-13-11-30/h3-9,14,16-17H,10-13,15,18-19H2,1-2H3. The molecule has 0 radical (unpaired) electrons. The van der Waals surface area contributed by atoms with Gasteiger partial charge < -0.3 is 9.47 Å². The third-order valence-electron chi connectivity index (χ3n) is 6.00. The zero-order valence-electron chi connectivity index (χ0n) is 19.8. The number of ketones is 2. The maximum absolute atomic E-state index is 13.4. The van der Waals surface area contributed by atoms with Crippen molar-refractivity contribution in [3.8, 4) is 5.75 Å². The molecule has 0 bridgehead atoms. The smallest absolute Gasteiger partial charge is 0.188 e. The average Bonchev–Trinajstić information content (AvgIpc) is 2.85. The fraction of sp³-hybridized carbons (Fsp3) is 0.321. The molecule has 1 saturated heterocycles. The summed E-state index contributed by atoms with van der Waals surface area (Å²) in [7, 11) is 1.58. The van der Waals surface area contributed by atoms with Crippen LogP contribution in [0.2, 0.25) is 0 Å². The van der Waals surface area contributed by atoms with Gasteiger partial charge in [-0.25, -0.2) is 0 Å². The van der Waals surface area contributed by atoms with Crippen LogP contribution < -0.4 is 4.74 Å². The highest BCUT2D eigenvalue weighted by molar-refractivity contribution is 6.14. The van der Waals surface area contributed by atoms with Crippen LogP contribution in [0, 0.1) is 6.92 Å². The lowest BCUT2D eigenvalue weighted by Crippen LogP contribution is -2.35. The largest absolute Gasteiger partial charge is 0.496 e. The van der Waals surface area contributed by atoms with Gasteiger partial charge in [-0.05, 0) is 48.2 Å². The van der Waals surface area contributed by atoms with Crippen molar-refractivity contribution in [3.63, 3.8) is 0 Å². The maximum atomic E-state index is 13.4. The Morgan fingerprint density at radius 3 is 2.47 bits per heavy atom. The third-order valence-corrected chi connectivity index (χ3v) is 6.00. The molecular weight excluding hydrogens is 428 g/mol. The first-order valence-corrected chi connectivity index (χ1v) is 11.6. The predicted octanol–water partition coefficient (Wildman–Crippen LogP) is 4.28. The van der Waals surface area contributed by atoms with E-state index in [0.29, 0.717) is 43.2 Å². The molecule has 6 heteroatoms. The second kappa shape index (κ2) is 11.2. The van der Waals surface area contributed by atoms with E-state index in [0.717, 1.165) is 35.3 Å². The summed E-state index contributed by atoms with van der Waals surface area (Å²) in [5.41, 5.74) is 4.80. The van der Waals surface area contributed by atoms with E-state index in [1.165, 1.54) is 0 Å². The van der Waals surface area contributed by atoms with Gasteiger partial charge in [0.2, 0.25) is 0 Å². The van der Waals surface area contributed by atoms with Gasteiger partial charge in [-0.15, -0.1) is 0 Å². The van der Waals surface area contributed by atoms with E-state index in [2.05, 4.69) is 28.1 Å². The normalized spacial score (nSPS) is 14.1. The summed E-state index contributed by atoms with van der Waals surface area (Å²) in [6, 6.07) is 17.7. The molecule has 0 atom stereocenters. The fourth-order valence-corrected chi connectivity index (χ4v) is 4.27. The minimum Gasteiger partial charge on any atom is -0.496 e. The van der Waals surface area contributed by atoms with Crippen LogP contribution in [-0.2, 0) is 17.7 Å². The first kappa shape index (κ1) is 23.8. The molecule has 176 valence electrons. The van der Waals surface area contributed by atoms with Gasteiger partial charge >= 0.3 is 0 Å². The summed E-state index contributed by atoms with van der Waals surface area (Å²) in [6.45, 7) is 5.59. The lowest BCUT2D eigenvalue weighted by molar-refractivity contribution is 0.0338. The van der Waals surface area contributed by atoms with Gasteiger partial charge in [0.15, 0.2) is 11.6 Å². The van der Waals surface area contributed by atoms with Crippen molar-refractivity contribution in [3.05, 3.63) is 94.3 Å². The first-order valence-electron chi connectivity index (χ1n) is 11.6. The number of Topliss-reactive ketones (excluding diaryl/α,β-unsaturated/α-hetero) is 2. The van der Waals surface area contributed by atoms with E-state index >= 15 is 0 Å². The van der Waals surface area contributed by atoms with Gasteiger partial charge in [-0.1, -0.05) is 36.4 Å². The number of methoxy groups -OCH3 is 1. The second-order valence-corrected chi connectivity index (χ2v) is 8.63. The Kier molecular flexibility index (Phi) is 7.83. The van der Waals surface area contributed by atoms with Crippen LogP contribution in [0.25, 0.3) is 0 Å². The average molecular weight is 459 g/mol. The molecule has 1 aromatic heterocycles. The lowest BCUT2D eigenvalue weighted by Gasteiger charge is -2.28. The van der Waals surface area contributed by atoms with Gasteiger partial charge in [0.25, 0.3) is 0 Å². The zero-order valence-corrected chi connectivity index (χ0v) is 19.8. The highest BCUT2D eigenvalue weighted by Crippen LogP contribution is 2.30. The van der Waals surface area contributed by atoms with E-state index in [4.69, 9.17) is 9.47 Å². The van der Waals surface area contributed by atoms with Gasteiger partial charge in [0, 0.05) is 31.4 Å². The molecule has 0 saturated carbocycles. The summed E-state index contributed by atoms with van der Waals surface area (Å²) in [5.74, 6) is -0.0134. The molecular formula is C28H30N2O4. The molecule has 0 unspecified atom stereocenters. The molecule has 0 spiro atoms. The molecule has 1 fully saturated rings. The number of carbonyl (C=O) groups excluding carboxylic acids is 2. The third kappa shape index (κ3) is 5.95. The van der Waals surface area contributed by atoms with Gasteiger partial charge in [-0.2, -0.15) is 0 Å². The number of nitrogens with zero attached hydrogens (tertiary/aromatic N) is 2. The van der Waals surface area contributed by atoms with Gasteiger partial charge in [0.1, 0.15) is 11.4 Å². The van der Waals surface area contributed by atoms with Crippen LogP contribution >= 0.6 is 0 Å². The SMILES string of the molecule is COc1c(CN2CCOCC2)cc(Cc2ccccc2)cc1C(=O)CC(=O)c1cc(C)ccn1. The van der Waals surface area contributed by atoms with E-state index in [1.807, 2.05) is 37.3 Å². The number of rotatable bonds is 9. The number of hydrogen-bond acceptors (Lipinski definition) is 6. The molecule has 34 heavy (non-hydrogen) atoms. The lowest BCUT2D eigenvalue weighted by atomic mass is 9.94. The van der Waals surface area contributed by atoms with Crippen LogP contribution in [0.3, 0.4) is 0 Å². The molecule has 4 rings (SSSR count). The Labute approximate surface area is 200 Å². The summed E-state index contributed by atoms with van der Waals surface area (Å²) in [5, 5.41) is 0. The minimum absolute atomic E-state index is 0.251. The van der Waals surface area contributed by atoms with E-state index in [-0.39, 0.29) is 18.0 Å². The second-order valence-electron chi connectivity index (χ2n) is 8.63. The van der Waals surface area contributed by atoms with E-state index in [9.17, 15) is 9.59 Å². The van der Waals surface area contributed by atoms with E-state index in [1.54, 1.807) is 19.4 Å². The van der Waals surface area contributed by atoms with Gasteiger partial charge in [0.05, 0.1) is 32.3 Å². The Hall–Kier alpha value is -3.35. The Bertz CT molecular complexity index is 1150. The number of ether oxygens (including phenoxy) is 2. The summed E-state index contributed by atoms with van der Waals surface area (Å²) < 4.78 is 11.2. The van der Waals surface area contributed by atoms with Crippen LogP contribution in [0.1, 0.15) is 49.5 Å². The molecule has 2 heterocycles. The topological polar surface area (TPSA) is 68.7 Å². The van der Waals surface area contributed by atoms with Crippen LogP contribution in [0.15, 0.2) is 60.8 Å². The number of morpholine rings is 1. The highest BCUT2D eigenvalue weighted by Gasteiger charge is 2.23. The van der Waals surface area contributed by atoms with Crippen molar-refractivity contribution in [2.45, 2.75) is 26.3 Å².